The summed E-state index contributed by atoms with van der Waals surface area (Å²) >= 11 is 6.15. The minimum Gasteiger partial charge on any atom is -0.368 e. The van der Waals surface area contributed by atoms with Gasteiger partial charge in [-0.05, 0) is 36.9 Å². The Labute approximate surface area is 164 Å². The predicted octanol–water partition coefficient (Wildman–Crippen LogP) is 4.85. The summed E-state index contributed by atoms with van der Waals surface area (Å²) in [5.41, 5.74) is 4.01. The van der Waals surface area contributed by atoms with Gasteiger partial charge in [0.25, 0.3) is 0 Å². The molecule has 4 nitrogen and oxygen atoms in total. The molecule has 0 radical (unpaired) electrons. The molecule has 0 spiro atoms. The maximum absolute atomic E-state index is 13.2. The summed E-state index contributed by atoms with van der Waals surface area (Å²) in [6.45, 7) is 8.05. The minimum atomic E-state index is 0.0212. The number of para-hydroxylation sites is 1. The highest BCUT2D eigenvalue weighted by Crippen LogP contribution is 2.44. The summed E-state index contributed by atoms with van der Waals surface area (Å²) < 4.78 is 0. The number of hydrogen-bond acceptors (Lipinski definition) is 4. The molecule has 0 bridgehead atoms. The van der Waals surface area contributed by atoms with Crippen LogP contribution in [0.25, 0.3) is 22.0 Å². The van der Waals surface area contributed by atoms with Gasteiger partial charge in [-0.15, -0.1) is 0 Å². The van der Waals surface area contributed by atoms with Crippen molar-refractivity contribution in [2.75, 3.05) is 31.5 Å². The van der Waals surface area contributed by atoms with E-state index < -0.39 is 0 Å². The number of ketones is 1. The van der Waals surface area contributed by atoms with Gasteiger partial charge in [0, 0.05) is 40.2 Å². The van der Waals surface area contributed by atoms with Crippen LogP contribution in [0.15, 0.2) is 42.5 Å². The summed E-state index contributed by atoms with van der Waals surface area (Å²) in [5, 5.41) is 4.93. The first-order chi connectivity index (χ1) is 13.1. The molecule has 0 amide bonds. The number of nitrogens with zero attached hydrogens (tertiary/aromatic N) is 2. The Hall–Kier alpha value is -2.43. The van der Waals surface area contributed by atoms with Crippen molar-refractivity contribution in [3.8, 4) is 11.1 Å². The standard InChI is InChI=1S/C22H22ClN3O/c1-3-26(4-2)12-11-24-22-20-15-10-9-14(23)13-17(15)21(27)19(20)16-7-5-6-8-18(16)25-22/h5-10,13H,3-4,11-12H2,1-2H3,(H,24,25). The fourth-order valence-corrected chi connectivity index (χ4v) is 3.94. The molecule has 0 aliphatic heterocycles. The SMILES string of the molecule is CCN(CC)CCNc1nc2ccccc2c2c1-c1ccc(Cl)cc1C2=O. The Kier molecular flexibility index (Phi) is 4.85. The van der Waals surface area contributed by atoms with Crippen molar-refractivity contribution in [1.29, 1.82) is 0 Å². The first kappa shape index (κ1) is 18.0. The lowest BCUT2D eigenvalue weighted by molar-refractivity contribution is 0.104. The fourth-order valence-electron chi connectivity index (χ4n) is 3.77. The van der Waals surface area contributed by atoms with E-state index in [1.807, 2.05) is 36.4 Å². The Morgan fingerprint density at radius 2 is 1.81 bits per heavy atom. The molecule has 5 heteroatoms. The number of likely N-dealkylation sites (N-methyl/N-ethyl adjacent to an activating group) is 1. The molecule has 2 aromatic carbocycles. The van der Waals surface area contributed by atoms with Crippen LogP contribution in [0.1, 0.15) is 29.8 Å². The fraction of sp³-hybridized carbons (Fsp3) is 0.273. The number of aromatic nitrogens is 1. The van der Waals surface area contributed by atoms with Crippen LogP contribution in [0.2, 0.25) is 5.02 Å². The van der Waals surface area contributed by atoms with Crippen LogP contribution in [-0.2, 0) is 0 Å². The second-order valence-corrected chi connectivity index (χ2v) is 7.14. The number of carbonyl (C=O) groups is 1. The minimum absolute atomic E-state index is 0.0212. The normalized spacial score (nSPS) is 12.5. The molecule has 0 saturated heterocycles. The largest absolute Gasteiger partial charge is 0.368 e. The highest BCUT2D eigenvalue weighted by Gasteiger charge is 2.32. The van der Waals surface area contributed by atoms with Crippen LogP contribution in [0, 0.1) is 0 Å². The topological polar surface area (TPSA) is 45.2 Å². The van der Waals surface area contributed by atoms with Crippen LogP contribution >= 0.6 is 11.6 Å². The molecule has 0 fully saturated rings. The van der Waals surface area contributed by atoms with Crippen molar-refractivity contribution in [3.63, 3.8) is 0 Å². The van der Waals surface area contributed by atoms with Gasteiger partial charge in [-0.2, -0.15) is 0 Å². The Bertz CT molecular complexity index is 1030. The van der Waals surface area contributed by atoms with E-state index >= 15 is 0 Å². The number of anilines is 1. The second-order valence-electron chi connectivity index (χ2n) is 6.70. The number of rotatable bonds is 6. The van der Waals surface area contributed by atoms with Crippen LogP contribution in [0.4, 0.5) is 5.82 Å². The third kappa shape index (κ3) is 3.09. The molecule has 138 valence electrons. The highest BCUT2D eigenvalue weighted by molar-refractivity contribution is 6.33. The third-order valence-electron chi connectivity index (χ3n) is 5.23. The summed E-state index contributed by atoms with van der Waals surface area (Å²) in [4.78, 5) is 20.3. The summed E-state index contributed by atoms with van der Waals surface area (Å²) in [5.74, 6) is 0.790. The molecule has 1 aromatic heterocycles. The number of nitrogens with one attached hydrogen (secondary N) is 1. The lowest BCUT2D eigenvalue weighted by atomic mass is 10.0. The molecular weight excluding hydrogens is 358 g/mol. The van der Waals surface area contributed by atoms with Crippen LogP contribution in [-0.4, -0.2) is 41.8 Å². The van der Waals surface area contributed by atoms with E-state index in [0.29, 0.717) is 10.6 Å². The number of carbonyl (C=O) groups excluding carboxylic acids is 1. The van der Waals surface area contributed by atoms with Crippen LogP contribution in [0.5, 0.6) is 0 Å². The molecule has 4 rings (SSSR count). The molecule has 0 unspecified atom stereocenters. The van der Waals surface area contributed by atoms with Crippen molar-refractivity contribution in [1.82, 2.24) is 9.88 Å². The van der Waals surface area contributed by atoms with E-state index in [4.69, 9.17) is 16.6 Å². The van der Waals surface area contributed by atoms with Gasteiger partial charge in [-0.3, -0.25) is 4.79 Å². The van der Waals surface area contributed by atoms with E-state index in [1.54, 1.807) is 6.07 Å². The van der Waals surface area contributed by atoms with Crippen molar-refractivity contribution in [2.45, 2.75) is 13.8 Å². The first-order valence-electron chi connectivity index (χ1n) is 9.37. The second kappa shape index (κ2) is 7.29. The van der Waals surface area contributed by atoms with Crippen molar-refractivity contribution in [2.24, 2.45) is 0 Å². The monoisotopic (exact) mass is 379 g/mol. The Morgan fingerprint density at radius 1 is 1.04 bits per heavy atom. The van der Waals surface area contributed by atoms with Crippen molar-refractivity contribution in [3.05, 3.63) is 58.6 Å². The van der Waals surface area contributed by atoms with Gasteiger partial charge in [0.1, 0.15) is 5.82 Å². The molecule has 0 atom stereocenters. The van der Waals surface area contributed by atoms with Crippen LogP contribution in [0.3, 0.4) is 0 Å². The smallest absolute Gasteiger partial charge is 0.195 e. The molecule has 27 heavy (non-hydrogen) atoms. The van der Waals surface area contributed by atoms with Crippen molar-refractivity contribution < 1.29 is 4.79 Å². The zero-order valence-electron chi connectivity index (χ0n) is 15.6. The zero-order valence-corrected chi connectivity index (χ0v) is 16.3. The average Bonchev–Trinajstić information content (AvgIpc) is 2.98. The van der Waals surface area contributed by atoms with Gasteiger partial charge in [-0.25, -0.2) is 4.98 Å². The highest BCUT2D eigenvalue weighted by atomic mass is 35.5. The van der Waals surface area contributed by atoms with E-state index in [1.165, 1.54) is 0 Å². The number of benzene rings is 2. The maximum atomic E-state index is 13.2. The molecule has 1 aliphatic carbocycles. The number of hydrogen-bond donors (Lipinski definition) is 1. The quantitative estimate of drug-likeness (QED) is 0.520. The lowest BCUT2D eigenvalue weighted by Crippen LogP contribution is -2.28. The summed E-state index contributed by atoms with van der Waals surface area (Å²) in [6, 6.07) is 13.3. The molecule has 1 N–H and O–H groups in total. The molecule has 1 aliphatic rings. The number of pyridine rings is 1. The number of halogens is 1. The average molecular weight is 380 g/mol. The lowest BCUT2D eigenvalue weighted by Gasteiger charge is -2.19. The van der Waals surface area contributed by atoms with Gasteiger partial charge in [0.2, 0.25) is 0 Å². The number of fused-ring (bicyclic) bond motifs is 5. The molecule has 3 aromatic rings. The van der Waals surface area contributed by atoms with Crippen molar-refractivity contribution >= 4 is 34.1 Å². The zero-order chi connectivity index (χ0) is 19.0. The van der Waals surface area contributed by atoms with Gasteiger partial charge >= 0.3 is 0 Å². The van der Waals surface area contributed by atoms with E-state index in [9.17, 15) is 4.79 Å². The van der Waals surface area contributed by atoms with Crippen LogP contribution < -0.4 is 5.32 Å². The third-order valence-corrected chi connectivity index (χ3v) is 5.47. The Morgan fingerprint density at radius 3 is 2.59 bits per heavy atom. The summed E-state index contributed by atoms with van der Waals surface area (Å²) in [6.07, 6.45) is 0. The van der Waals surface area contributed by atoms with E-state index in [0.717, 1.165) is 59.6 Å². The van der Waals surface area contributed by atoms with Gasteiger partial charge in [0.05, 0.1) is 5.52 Å². The van der Waals surface area contributed by atoms with Gasteiger partial charge < -0.3 is 10.2 Å². The predicted molar refractivity (Wildman–Crippen MR) is 112 cm³/mol. The van der Waals surface area contributed by atoms with E-state index in [-0.39, 0.29) is 5.78 Å². The van der Waals surface area contributed by atoms with Gasteiger partial charge in [-0.1, -0.05) is 49.7 Å². The first-order valence-corrected chi connectivity index (χ1v) is 9.75. The maximum Gasteiger partial charge on any atom is 0.195 e. The summed E-state index contributed by atoms with van der Waals surface area (Å²) in [7, 11) is 0. The van der Waals surface area contributed by atoms with E-state index in [2.05, 4.69) is 24.1 Å². The van der Waals surface area contributed by atoms with Gasteiger partial charge in [0.15, 0.2) is 5.78 Å². The molecular formula is C22H22ClN3O. The molecule has 0 saturated carbocycles. The Balaban J connectivity index is 1.82. The molecule has 1 heterocycles.